The fourth-order valence-corrected chi connectivity index (χ4v) is 5.40. The van der Waals surface area contributed by atoms with Crippen LogP contribution in [0.1, 0.15) is 64.8 Å². The van der Waals surface area contributed by atoms with Crippen molar-refractivity contribution in [3.8, 4) is 11.5 Å². The van der Waals surface area contributed by atoms with Crippen LogP contribution < -0.4 is 14.8 Å². The Balaban J connectivity index is 1.01. The summed E-state index contributed by atoms with van der Waals surface area (Å²) in [5, 5.41) is 3.99. The summed E-state index contributed by atoms with van der Waals surface area (Å²) in [6, 6.07) is 26.8. The summed E-state index contributed by atoms with van der Waals surface area (Å²) in [5.41, 5.74) is 4.50. The Bertz CT molecular complexity index is 1420. The van der Waals surface area contributed by atoms with Crippen LogP contribution in [0.4, 0.5) is 0 Å². The van der Waals surface area contributed by atoms with Crippen LogP contribution in [0.2, 0.25) is 5.02 Å². The molecule has 1 heterocycles. The van der Waals surface area contributed by atoms with Gasteiger partial charge in [0, 0.05) is 31.4 Å². The second-order valence-corrected chi connectivity index (χ2v) is 11.4. The molecule has 6 nitrogen and oxygen atoms in total. The first-order valence-electron chi connectivity index (χ1n) is 15.1. The molecule has 5 rings (SSSR count). The highest BCUT2D eigenvalue weighted by atomic mass is 35.5. The van der Waals surface area contributed by atoms with Crippen molar-refractivity contribution in [1.82, 2.24) is 10.3 Å². The highest BCUT2D eigenvalue weighted by Gasteiger charge is 2.14. The van der Waals surface area contributed by atoms with E-state index in [4.69, 9.17) is 25.8 Å². The molecule has 1 aromatic heterocycles. The third-order valence-corrected chi connectivity index (χ3v) is 7.99. The third-order valence-electron chi connectivity index (χ3n) is 7.70. The maximum atomic E-state index is 12.6. The standard InChI is InChI=1S/C36H39ClN2O4/c37-34-22-30(23-38-21-19-32-8-4-5-20-39-32)13-18-35(34)42-25-28-9-14-31(15-10-28)36(40)43-26-29-11-16-33(17-12-29)41-24-27-6-2-1-3-7-27/h4-5,8-18,20,22,27,38H,1-3,6-7,19,21,23-26H2. The largest absolute Gasteiger partial charge is 0.493 e. The van der Waals surface area contributed by atoms with Crippen LogP contribution in [-0.4, -0.2) is 24.1 Å². The smallest absolute Gasteiger partial charge is 0.338 e. The number of rotatable bonds is 14. The molecule has 1 aliphatic carbocycles. The topological polar surface area (TPSA) is 69.7 Å². The van der Waals surface area contributed by atoms with E-state index in [2.05, 4.69) is 10.3 Å². The summed E-state index contributed by atoms with van der Waals surface area (Å²) >= 11 is 6.48. The molecule has 1 aliphatic rings. The molecule has 224 valence electrons. The van der Waals surface area contributed by atoms with E-state index in [1.165, 1.54) is 32.1 Å². The van der Waals surface area contributed by atoms with Gasteiger partial charge < -0.3 is 19.5 Å². The van der Waals surface area contributed by atoms with Crippen LogP contribution in [0.5, 0.6) is 11.5 Å². The van der Waals surface area contributed by atoms with Crippen molar-refractivity contribution in [3.05, 3.63) is 124 Å². The van der Waals surface area contributed by atoms with Crippen molar-refractivity contribution in [1.29, 1.82) is 0 Å². The molecule has 4 aromatic rings. The average Bonchev–Trinajstić information content (AvgIpc) is 3.06. The van der Waals surface area contributed by atoms with E-state index in [0.717, 1.165) is 47.7 Å². The summed E-state index contributed by atoms with van der Waals surface area (Å²) in [6.45, 7) is 2.87. The second-order valence-electron chi connectivity index (χ2n) is 11.0. The van der Waals surface area contributed by atoms with Crippen molar-refractivity contribution >= 4 is 17.6 Å². The zero-order valence-electron chi connectivity index (χ0n) is 24.5. The molecule has 3 aromatic carbocycles. The molecule has 0 aliphatic heterocycles. The minimum absolute atomic E-state index is 0.209. The molecule has 0 bridgehead atoms. The van der Waals surface area contributed by atoms with Crippen molar-refractivity contribution < 1.29 is 19.0 Å². The normalized spacial score (nSPS) is 13.4. The number of halogens is 1. The average molecular weight is 599 g/mol. The van der Waals surface area contributed by atoms with Crippen molar-refractivity contribution in [2.75, 3.05) is 13.2 Å². The predicted molar refractivity (Wildman–Crippen MR) is 170 cm³/mol. The molecule has 0 saturated heterocycles. The van der Waals surface area contributed by atoms with Crippen LogP contribution in [0.3, 0.4) is 0 Å². The number of nitrogens with one attached hydrogen (secondary N) is 1. The van der Waals surface area contributed by atoms with E-state index in [1.807, 2.05) is 79.0 Å². The molecular weight excluding hydrogens is 560 g/mol. The van der Waals surface area contributed by atoms with Gasteiger partial charge in [0.25, 0.3) is 0 Å². The first-order chi connectivity index (χ1) is 21.1. The fourth-order valence-electron chi connectivity index (χ4n) is 5.15. The Morgan fingerprint density at radius 3 is 2.33 bits per heavy atom. The number of ether oxygens (including phenoxy) is 3. The first kappa shape index (κ1) is 30.6. The first-order valence-corrected chi connectivity index (χ1v) is 15.5. The van der Waals surface area contributed by atoms with Gasteiger partial charge in [0.2, 0.25) is 0 Å². The van der Waals surface area contributed by atoms with Gasteiger partial charge in [-0.1, -0.05) is 67.3 Å². The Morgan fingerprint density at radius 1 is 0.837 bits per heavy atom. The number of nitrogens with zero attached hydrogens (tertiary/aromatic N) is 1. The maximum Gasteiger partial charge on any atom is 0.338 e. The number of carbonyl (C=O) groups excluding carboxylic acids is 1. The number of aromatic nitrogens is 1. The van der Waals surface area contributed by atoms with Crippen LogP contribution in [0, 0.1) is 5.92 Å². The summed E-state index contributed by atoms with van der Waals surface area (Å²) in [5.74, 6) is 1.78. The van der Waals surface area contributed by atoms with Gasteiger partial charge >= 0.3 is 5.97 Å². The summed E-state index contributed by atoms with van der Waals surface area (Å²) in [7, 11) is 0. The Hall–Kier alpha value is -3.87. The van der Waals surface area contributed by atoms with Crippen LogP contribution in [0.25, 0.3) is 0 Å². The minimum atomic E-state index is -0.364. The van der Waals surface area contributed by atoms with Crippen molar-refractivity contribution in [2.45, 2.75) is 58.3 Å². The van der Waals surface area contributed by atoms with Gasteiger partial charge in [-0.2, -0.15) is 0 Å². The maximum absolute atomic E-state index is 12.6. The predicted octanol–water partition coefficient (Wildman–Crippen LogP) is 7.96. The second kappa shape index (κ2) is 16.1. The highest BCUT2D eigenvalue weighted by molar-refractivity contribution is 6.32. The molecule has 7 heteroatoms. The van der Waals surface area contributed by atoms with Gasteiger partial charge in [-0.25, -0.2) is 4.79 Å². The highest BCUT2D eigenvalue weighted by Crippen LogP contribution is 2.27. The van der Waals surface area contributed by atoms with Gasteiger partial charge in [0.05, 0.1) is 17.2 Å². The van der Waals surface area contributed by atoms with Crippen LogP contribution in [-0.2, 0) is 30.9 Å². The van der Waals surface area contributed by atoms with Gasteiger partial charge in [-0.3, -0.25) is 4.98 Å². The van der Waals surface area contributed by atoms with E-state index in [9.17, 15) is 4.79 Å². The van der Waals surface area contributed by atoms with E-state index < -0.39 is 0 Å². The molecule has 1 N–H and O–H groups in total. The van der Waals surface area contributed by atoms with E-state index in [1.54, 1.807) is 12.1 Å². The molecule has 1 saturated carbocycles. The zero-order chi connectivity index (χ0) is 29.7. The quantitative estimate of drug-likeness (QED) is 0.117. The Morgan fingerprint density at radius 2 is 1.58 bits per heavy atom. The summed E-state index contributed by atoms with van der Waals surface area (Å²) in [4.78, 5) is 16.9. The zero-order valence-corrected chi connectivity index (χ0v) is 25.2. The van der Waals surface area contributed by atoms with E-state index >= 15 is 0 Å². The lowest BCUT2D eigenvalue weighted by Gasteiger charge is -2.21. The number of esters is 1. The molecular formula is C36H39ClN2O4. The number of carbonyl (C=O) groups is 1. The van der Waals surface area contributed by atoms with Gasteiger partial charge in [-0.05, 0) is 84.0 Å². The van der Waals surface area contributed by atoms with Crippen molar-refractivity contribution in [3.63, 3.8) is 0 Å². The molecule has 0 radical (unpaired) electrons. The Labute approximate surface area is 259 Å². The molecule has 0 amide bonds. The summed E-state index contributed by atoms with van der Waals surface area (Å²) in [6.07, 6.45) is 9.18. The minimum Gasteiger partial charge on any atom is -0.493 e. The van der Waals surface area contributed by atoms with Gasteiger partial charge in [-0.15, -0.1) is 0 Å². The lowest BCUT2D eigenvalue weighted by atomic mass is 9.90. The van der Waals surface area contributed by atoms with Crippen LogP contribution >= 0.6 is 11.6 Å². The van der Waals surface area contributed by atoms with Gasteiger partial charge in [0.15, 0.2) is 0 Å². The molecule has 0 atom stereocenters. The van der Waals surface area contributed by atoms with Crippen LogP contribution in [0.15, 0.2) is 91.1 Å². The fraction of sp³-hybridized carbons (Fsp3) is 0.333. The molecule has 1 fully saturated rings. The van der Waals surface area contributed by atoms with E-state index in [0.29, 0.717) is 35.4 Å². The number of hydrogen-bond acceptors (Lipinski definition) is 6. The lowest BCUT2D eigenvalue weighted by Crippen LogP contribution is -2.17. The lowest BCUT2D eigenvalue weighted by molar-refractivity contribution is 0.0472. The third kappa shape index (κ3) is 9.84. The molecule has 0 unspecified atom stereocenters. The number of hydrogen-bond donors (Lipinski definition) is 1. The number of benzene rings is 3. The Kier molecular flexibility index (Phi) is 11.5. The van der Waals surface area contributed by atoms with E-state index in [-0.39, 0.29) is 12.6 Å². The van der Waals surface area contributed by atoms with Gasteiger partial charge in [0.1, 0.15) is 24.7 Å². The molecule has 43 heavy (non-hydrogen) atoms. The number of pyridine rings is 1. The van der Waals surface area contributed by atoms with Crippen molar-refractivity contribution in [2.24, 2.45) is 5.92 Å². The summed E-state index contributed by atoms with van der Waals surface area (Å²) < 4.78 is 17.4. The SMILES string of the molecule is O=C(OCc1ccc(OCC2CCCCC2)cc1)c1ccc(COc2ccc(CNCCc3ccccn3)cc2Cl)cc1. The molecule has 0 spiro atoms. The monoisotopic (exact) mass is 598 g/mol.